The van der Waals surface area contributed by atoms with E-state index in [0.29, 0.717) is 6.42 Å². The third kappa shape index (κ3) is 5.07. The minimum atomic E-state index is 0.270. The first-order chi connectivity index (χ1) is 8.17. The van der Waals surface area contributed by atoms with Crippen molar-refractivity contribution in [1.29, 1.82) is 0 Å². The molecule has 0 aliphatic carbocycles. The van der Waals surface area contributed by atoms with Gasteiger partial charge in [0.15, 0.2) is 0 Å². The number of likely N-dealkylation sites (tertiary alicyclic amines) is 1. The Hall–Kier alpha value is -0.570. The van der Waals surface area contributed by atoms with Crippen LogP contribution < -0.4 is 0 Å². The molecule has 1 atom stereocenters. The molecule has 0 aromatic rings. The molecule has 0 saturated carbocycles. The van der Waals surface area contributed by atoms with Gasteiger partial charge in [-0.1, -0.05) is 13.8 Å². The predicted octanol–water partition coefficient (Wildman–Crippen LogP) is 2.37. The third-order valence-electron chi connectivity index (χ3n) is 3.74. The lowest BCUT2D eigenvalue weighted by Crippen LogP contribution is -2.37. The number of rotatable bonds is 6. The van der Waals surface area contributed by atoms with E-state index >= 15 is 0 Å². The molecule has 17 heavy (non-hydrogen) atoms. The van der Waals surface area contributed by atoms with E-state index in [1.54, 1.807) is 0 Å². The van der Waals surface area contributed by atoms with E-state index in [2.05, 4.69) is 11.8 Å². The zero-order chi connectivity index (χ0) is 12.7. The quantitative estimate of drug-likeness (QED) is 0.711. The fourth-order valence-corrected chi connectivity index (χ4v) is 2.68. The number of hydrogen-bond donors (Lipinski definition) is 0. The molecule has 1 aliphatic rings. The van der Waals surface area contributed by atoms with Gasteiger partial charge in [-0.05, 0) is 44.7 Å². The molecule has 0 aromatic heterocycles. The minimum absolute atomic E-state index is 0.270. The molecular formula is C14H28N2O. The fourth-order valence-electron chi connectivity index (χ4n) is 2.68. The Morgan fingerprint density at radius 1 is 1.41 bits per heavy atom. The summed E-state index contributed by atoms with van der Waals surface area (Å²) < 4.78 is 0. The Morgan fingerprint density at radius 3 is 2.82 bits per heavy atom. The van der Waals surface area contributed by atoms with Crippen LogP contribution in [0.25, 0.3) is 0 Å². The van der Waals surface area contributed by atoms with Crippen LogP contribution in [-0.2, 0) is 4.79 Å². The number of carbonyl (C=O) groups is 1. The van der Waals surface area contributed by atoms with Crippen LogP contribution in [0.3, 0.4) is 0 Å². The van der Waals surface area contributed by atoms with E-state index in [-0.39, 0.29) is 5.91 Å². The zero-order valence-corrected chi connectivity index (χ0v) is 11.7. The molecule has 1 fully saturated rings. The lowest BCUT2D eigenvalue weighted by atomic mass is 9.94. The molecule has 100 valence electrons. The molecule has 0 radical (unpaired) electrons. The van der Waals surface area contributed by atoms with Gasteiger partial charge in [0.2, 0.25) is 5.91 Å². The summed E-state index contributed by atoms with van der Waals surface area (Å²) in [7, 11) is 1.93. The van der Waals surface area contributed by atoms with Crippen LogP contribution in [0.1, 0.15) is 46.0 Å². The second-order valence-electron chi connectivity index (χ2n) is 5.27. The van der Waals surface area contributed by atoms with Gasteiger partial charge in [0.05, 0.1) is 0 Å². The zero-order valence-electron chi connectivity index (χ0n) is 11.7. The second kappa shape index (κ2) is 7.70. The Balaban J connectivity index is 2.24. The van der Waals surface area contributed by atoms with Crippen LogP contribution in [0.4, 0.5) is 0 Å². The van der Waals surface area contributed by atoms with Crippen LogP contribution in [0, 0.1) is 5.92 Å². The van der Waals surface area contributed by atoms with Gasteiger partial charge in [-0.25, -0.2) is 0 Å². The third-order valence-corrected chi connectivity index (χ3v) is 3.74. The molecule has 1 aliphatic heterocycles. The molecule has 0 N–H and O–H groups in total. The fraction of sp³-hybridized carbons (Fsp3) is 0.929. The highest BCUT2D eigenvalue weighted by atomic mass is 16.2. The van der Waals surface area contributed by atoms with Crippen LogP contribution in [0.15, 0.2) is 0 Å². The summed E-state index contributed by atoms with van der Waals surface area (Å²) in [4.78, 5) is 15.9. The van der Waals surface area contributed by atoms with E-state index in [0.717, 1.165) is 12.5 Å². The second-order valence-corrected chi connectivity index (χ2v) is 5.27. The van der Waals surface area contributed by atoms with Gasteiger partial charge < -0.3 is 9.80 Å². The molecule has 1 unspecified atom stereocenters. The highest BCUT2D eigenvalue weighted by Crippen LogP contribution is 2.19. The van der Waals surface area contributed by atoms with Crippen molar-refractivity contribution in [2.45, 2.75) is 46.0 Å². The Labute approximate surface area is 106 Å². The van der Waals surface area contributed by atoms with Gasteiger partial charge in [0.25, 0.3) is 0 Å². The monoisotopic (exact) mass is 240 g/mol. The molecule has 1 saturated heterocycles. The molecule has 0 bridgehead atoms. The molecule has 3 nitrogen and oxygen atoms in total. The topological polar surface area (TPSA) is 23.6 Å². The smallest absolute Gasteiger partial charge is 0.222 e. The Bertz CT molecular complexity index is 228. The summed E-state index contributed by atoms with van der Waals surface area (Å²) in [6, 6.07) is 0. The van der Waals surface area contributed by atoms with Crippen molar-refractivity contribution in [3.8, 4) is 0 Å². The average Bonchev–Trinajstić information content (AvgIpc) is 2.36. The molecular weight excluding hydrogens is 212 g/mol. The van der Waals surface area contributed by atoms with Crippen molar-refractivity contribution in [3.05, 3.63) is 0 Å². The van der Waals surface area contributed by atoms with Gasteiger partial charge in [0.1, 0.15) is 0 Å². The average molecular weight is 240 g/mol. The van der Waals surface area contributed by atoms with Crippen LogP contribution >= 0.6 is 0 Å². The standard InChI is InChI=1S/C14H28N2O/c1-4-9-16-10-6-7-13(12-16)8-11-15(3)14(17)5-2/h13H,4-12H2,1-3H3. The summed E-state index contributed by atoms with van der Waals surface area (Å²) in [5, 5.41) is 0. The maximum absolute atomic E-state index is 11.5. The van der Waals surface area contributed by atoms with Crippen molar-refractivity contribution < 1.29 is 4.79 Å². The van der Waals surface area contributed by atoms with Crippen molar-refractivity contribution in [2.75, 3.05) is 33.2 Å². The molecule has 3 heteroatoms. The lowest BCUT2D eigenvalue weighted by molar-refractivity contribution is -0.129. The summed E-state index contributed by atoms with van der Waals surface area (Å²) in [5.74, 6) is 1.06. The number of carbonyl (C=O) groups excluding carboxylic acids is 1. The van der Waals surface area contributed by atoms with E-state index in [4.69, 9.17) is 0 Å². The summed E-state index contributed by atoms with van der Waals surface area (Å²) in [6.07, 6.45) is 5.72. The first-order valence-corrected chi connectivity index (χ1v) is 7.13. The number of hydrogen-bond acceptors (Lipinski definition) is 2. The number of nitrogens with zero attached hydrogens (tertiary/aromatic N) is 2. The number of piperidine rings is 1. The summed E-state index contributed by atoms with van der Waals surface area (Å²) in [6.45, 7) is 8.85. The Morgan fingerprint density at radius 2 is 2.18 bits per heavy atom. The van der Waals surface area contributed by atoms with E-state index in [9.17, 15) is 4.79 Å². The SMILES string of the molecule is CCCN1CCCC(CCN(C)C(=O)CC)C1. The molecule has 1 rings (SSSR count). The van der Waals surface area contributed by atoms with Crippen LogP contribution in [-0.4, -0.2) is 48.9 Å². The summed E-state index contributed by atoms with van der Waals surface area (Å²) >= 11 is 0. The van der Waals surface area contributed by atoms with Crippen LogP contribution in [0.5, 0.6) is 0 Å². The van der Waals surface area contributed by atoms with Crippen LogP contribution in [0.2, 0.25) is 0 Å². The maximum atomic E-state index is 11.5. The lowest BCUT2D eigenvalue weighted by Gasteiger charge is -2.33. The van der Waals surface area contributed by atoms with Gasteiger partial charge in [-0.15, -0.1) is 0 Å². The highest BCUT2D eigenvalue weighted by molar-refractivity contribution is 5.75. The maximum Gasteiger partial charge on any atom is 0.222 e. The normalized spacial score (nSPS) is 21.5. The Kier molecular flexibility index (Phi) is 6.56. The molecule has 0 spiro atoms. The predicted molar refractivity (Wildman–Crippen MR) is 72.0 cm³/mol. The van der Waals surface area contributed by atoms with Gasteiger partial charge in [-0.2, -0.15) is 0 Å². The van der Waals surface area contributed by atoms with E-state index in [1.165, 1.54) is 45.3 Å². The van der Waals surface area contributed by atoms with Gasteiger partial charge >= 0.3 is 0 Å². The highest BCUT2D eigenvalue weighted by Gasteiger charge is 2.19. The first-order valence-electron chi connectivity index (χ1n) is 7.13. The van der Waals surface area contributed by atoms with E-state index < -0.39 is 0 Å². The van der Waals surface area contributed by atoms with Crippen molar-refractivity contribution in [1.82, 2.24) is 9.80 Å². The van der Waals surface area contributed by atoms with Gasteiger partial charge in [0, 0.05) is 26.6 Å². The van der Waals surface area contributed by atoms with Crippen molar-refractivity contribution in [3.63, 3.8) is 0 Å². The molecule has 0 aromatic carbocycles. The van der Waals surface area contributed by atoms with Crippen molar-refractivity contribution in [2.24, 2.45) is 5.92 Å². The van der Waals surface area contributed by atoms with Crippen molar-refractivity contribution >= 4 is 5.91 Å². The molecule has 1 amide bonds. The molecule has 1 heterocycles. The minimum Gasteiger partial charge on any atom is -0.346 e. The summed E-state index contributed by atoms with van der Waals surface area (Å²) in [5.41, 5.74) is 0. The van der Waals surface area contributed by atoms with Gasteiger partial charge in [-0.3, -0.25) is 4.79 Å². The number of amides is 1. The first kappa shape index (κ1) is 14.5. The van der Waals surface area contributed by atoms with E-state index in [1.807, 2.05) is 18.9 Å². The largest absolute Gasteiger partial charge is 0.346 e.